The molecule has 3 aliphatic rings. The Balaban J connectivity index is 1.57. The van der Waals surface area contributed by atoms with Gasteiger partial charge in [0.2, 0.25) is 5.91 Å². The number of fused-ring (bicyclic) bond motifs is 1. The van der Waals surface area contributed by atoms with Gasteiger partial charge in [-0.2, -0.15) is 0 Å². The maximum Gasteiger partial charge on any atom is 0.216 e. The minimum absolute atomic E-state index is 0.134. The summed E-state index contributed by atoms with van der Waals surface area (Å²) in [4.78, 5) is 10.7. The molecule has 0 spiro atoms. The van der Waals surface area contributed by atoms with Crippen LogP contribution in [0.1, 0.15) is 19.8 Å². The Hall–Kier alpha value is -0.530. The van der Waals surface area contributed by atoms with Crippen LogP contribution in [-0.4, -0.2) is 12.5 Å². The summed E-state index contributed by atoms with van der Waals surface area (Å²) in [6.45, 7) is 2.57. The normalized spacial score (nSPS) is 52.6. The van der Waals surface area contributed by atoms with Crippen LogP contribution in [-0.2, 0) is 4.79 Å². The predicted molar refractivity (Wildman–Crippen MR) is 45.4 cm³/mol. The van der Waals surface area contributed by atoms with Crippen LogP contribution in [0.3, 0.4) is 0 Å². The summed E-state index contributed by atoms with van der Waals surface area (Å²) >= 11 is 0. The molecule has 3 aliphatic carbocycles. The second kappa shape index (κ2) is 2.04. The SMILES string of the molecule is CC(=O)NCC1C2CCC3C2C13. The lowest BCUT2D eigenvalue weighted by molar-refractivity contribution is -0.119. The van der Waals surface area contributed by atoms with Crippen molar-refractivity contribution in [2.24, 2.45) is 29.6 Å². The van der Waals surface area contributed by atoms with Gasteiger partial charge in [-0.25, -0.2) is 0 Å². The molecule has 5 atom stereocenters. The van der Waals surface area contributed by atoms with Gasteiger partial charge in [-0.15, -0.1) is 0 Å². The van der Waals surface area contributed by atoms with Gasteiger partial charge in [-0.1, -0.05) is 0 Å². The number of hydrogen-bond acceptors (Lipinski definition) is 1. The third-order valence-electron chi connectivity index (χ3n) is 4.25. The summed E-state index contributed by atoms with van der Waals surface area (Å²) in [5, 5.41) is 2.95. The minimum atomic E-state index is 0.134. The van der Waals surface area contributed by atoms with E-state index in [9.17, 15) is 4.79 Å². The van der Waals surface area contributed by atoms with Crippen molar-refractivity contribution in [1.82, 2.24) is 5.32 Å². The molecular formula is C10H15NO. The third kappa shape index (κ3) is 0.686. The second-order valence-corrected chi connectivity index (χ2v) is 4.66. The van der Waals surface area contributed by atoms with Crippen molar-refractivity contribution in [2.45, 2.75) is 19.8 Å². The molecule has 3 rings (SSSR count). The lowest BCUT2D eigenvalue weighted by Crippen LogP contribution is -2.39. The molecule has 3 saturated carbocycles. The van der Waals surface area contributed by atoms with Crippen LogP contribution in [0.5, 0.6) is 0 Å². The fourth-order valence-corrected chi connectivity index (χ4v) is 3.78. The number of carbonyl (C=O) groups excluding carboxylic acids is 1. The zero-order valence-corrected chi connectivity index (χ0v) is 7.42. The Morgan fingerprint density at radius 2 is 2.08 bits per heavy atom. The molecule has 12 heavy (non-hydrogen) atoms. The monoisotopic (exact) mass is 165 g/mol. The highest BCUT2D eigenvalue weighted by Gasteiger charge is 2.71. The van der Waals surface area contributed by atoms with Crippen molar-refractivity contribution in [1.29, 1.82) is 0 Å². The first-order valence-corrected chi connectivity index (χ1v) is 5.03. The average Bonchev–Trinajstić information content (AvgIpc) is 2.47. The molecule has 0 bridgehead atoms. The van der Waals surface area contributed by atoms with Gasteiger partial charge in [0.25, 0.3) is 0 Å². The smallest absolute Gasteiger partial charge is 0.216 e. The summed E-state index contributed by atoms with van der Waals surface area (Å²) in [6.07, 6.45) is 2.92. The van der Waals surface area contributed by atoms with Gasteiger partial charge in [0.1, 0.15) is 0 Å². The predicted octanol–water partition coefficient (Wildman–Crippen LogP) is 1.02. The zero-order chi connectivity index (χ0) is 8.29. The van der Waals surface area contributed by atoms with Crippen molar-refractivity contribution in [2.75, 3.05) is 6.54 Å². The highest BCUT2D eigenvalue weighted by Crippen LogP contribution is 2.75. The first-order valence-electron chi connectivity index (χ1n) is 5.03. The topological polar surface area (TPSA) is 29.1 Å². The fraction of sp³-hybridized carbons (Fsp3) is 0.900. The van der Waals surface area contributed by atoms with E-state index in [0.717, 1.165) is 36.1 Å². The number of nitrogens with one attached hydrogen (secondary N) is 1. The molecule has 0 aliphatic heterocycles. The van der Waals surface area contributed by atoms with Crippen LogP contribution < -0.4 is 5.32 Å². The Morgan fingerprint density at radius 3 is 2.58 bits per heavy atom. The van der Waals surface area contributed by atoms with Crippen molar-refractivity contribution in [3.05, 3.63) is 0 Å². The van der Waals surface area contributed by atoms with Gasteiger partial charge in [0, 0.05) is 13.5 Å². The summed E-state index contributed by atoms with van der Waals surface area (Å²) in [5.74, 6) is 5.19. The van der Waals surface area contributed by atoms with E-state index in [1.54, 1.807) is 6.92 Å². The van der Waals surface area contributed by atoms with Gasteiger partial charge in [0.15, 0.2) is 0 Å². The first-order chi connectivity index (χ1) is 5.79. The van der Waals surface area contributed by atoms with E-state index < -0.39 is 0 Å². The molecule has 0 heterocycles. The molecule has 2 heteroatoms. The Labute approximate surface area is 72.7 Å². The lowest BCUT2D eigenvalue weighted by Gasteiger charge is -2.36. The average molecular weight is 165 g/mol. The van der Waals surface area contributed by atoms with Gasteiger partial charge >= 0.3 is 0 Å². The van der Waals surface area contributed by atoms with Crippen molar-refractivity contribution < 1.29 is 4.79 Å². The van der Waals surface area contributed by atoms with Crippen molar-refractivity contribution in [3.8, 4) is 0 Å². The quantitative estimate of drug-likeness (QED) is 0.650. The lowest BCUT2D eigenvalue weighted by atomic mass is 9.71. The molecule has 0 saturated heterocycles. The Morgan fingerprint density at radius 1 is 1.33 bits per heavy atom. The fourth-order valence-electron chi connectivity index (χ4n) is 3.78. The molecule has 2 nitrogen and oxygen atoms in total. The number of carbonyl (C=O) groups is 1. The first kappa shape index (κ1) is 6.93. The largest absolute Gasteiger partial charge is 0.356 e. The van der Waals surface area contributed by atoms with Crippen LogP contribution in [0.4, 0.5) is 0 Å². The van der Waals surface area contributed by atoms with E-state index in [1.165, 1.54) is 12.8 Å². The van der Waals surface area contributed by atoms with E-state index in [0.29, 0.717) is 0 Å². The van der Waals surface area contributed by atoms with Gasteiger partial charge < -0.3 is 5.32 Å². The molecule has 0 aromatic rings. The highest BCUT2D eigenvalue weighted by atomic mass is 16.1. The number of amides is 1. The van der Waals surface area contributed by atoms with Crippen LogP contribution in [0.25, 0.3) is 0 Å². The minimum Gasteiger partial charge on any atom is -0.356 e. The summed E-state index contributed by atoms with van der Waals surface area (Å²) in [6, 6.07) is 0. The van der Waals surface area contributed by atoms with Crippen LogP contribution >= 0.6 is 0 Å². The molecule has 66 valence electrons. The van der Waals surface area contributed by atoms with Crippen LogP contribution in [0, 0.1) is 29.6 Å². The van der Waals surface area contributed by atoms with Crippen molar-refractivity contribution in [3.63, 3.8) is 0 Å². The van der Waals surface area contributed by atoms with E-state index in [4.69, 9.17) is 0 Å². The summed E-state index contributed by atoms with van der Waals surface area (Å²) < 4.78 is 0. The standard InChI is InChI=1S/C10H15NO/c1-5(12)11-4-8-6-2-3-7-9(6)10(7)8/h6-10H,2-4H2,1H3,(H,11,12). The second-order valence-electron chi connectivity index (χ2n) is 4.66. The molecule has 0 aromatic heterocycles. The molecule has 1 amide bonds. The van der Waals surface area contributed by atoms with Crippen LogP contribution in [0.2, 0.25) is 0 Å². The molecule has 1 N–H and O–H groups in total. The van der Waals surface area contributed by atoms with Gasteiger partial charge in [-0.05, 0) is 42.4 Å². The Kier molecular flexibility index (Phi) is 1.18. The van der Waals surface area contributed by atoms with Gasteiger partial charge in [-0.3, -0.25) is 4.79 Å². The number of hydrogen-bond donors (Lipinski definition) is 1. The van der Waals surface area contributed by atoms with Crippen LogP contribution in [0.15, 0.2) is 0 Å². The molecule has 0 aromatic carbocycles. The molecule has 5 unspecified atom stereocenters. The van der Waals surface area contributed by atoms with E-state index in [1.807, 2.05) is 0 Å². The molecule has 3 fully saturated rings. The maximum atomic E-state index is 10.7. The van der Waals surface area contributed by atoms with Gasteiger partial charge in [0.05, 0.1) is 0 Å². The number of rotatable bonds is 2. The van der Waals surface area contributed by atoms with E-state index in [2.05, 4.69) is 5.32 Å². The zero-order valence-electron chi connectivity index (χ0n) is 7.42. The third-order valence-corrected chi connectivity index (χ3v) is 4.25. The Bertz CT molecular complexity index is 234. The summed E-state index contributed by atoms with van der Waals surface area (Å²) in [5.41, 5.74) is 0. The highest BCUT2D eigenvalue weighted by molar-refractivity contribution is 5.72. The van der Waals surface area contributed by atoms with Crippen molar-refractivity contribution >= 4 is 5.91 Å². The molecular weight excluding hydrogens is 150 g/mol. The maximum absolute atomic E-state index is 10.7. The van der Waals surface area contributed by atoms with E-state index >= 15 is 0 Å². The molecule has 0 radical (unpaired) electrons. The van der Waals surface area contributed by atoms with E-state index in [-0.39, 0.29) is 5.91 Å². The summed E-state index contributed by atoms with van der Waals surface area (Å²) in [7, 11) is 0.